The summed E-state index contributed by atoms with van der Waals surface area (Å²) >= 11 is 0. The summed E-state index contributed by atoms with van der Waals surface area (Å²) < 4.78 is 3.69. The molecule has 1 fully saturated rings. The second-order valence-electron chi connectivity index (χ2n) is 8.59. The zero-order valence-corrected chi connectivity index (χ0v) is 18.3. The lowest BCUT2D eigenvalue weighted by Crippen LogP contribution is -2.19. The molecule has 6 rings (SSSR count). The van der Waals surface area contributed by atoms with E-state index in [9.17, 15) is 9.59 Å². The fourth-order valence-corrected chi connectivity index (χ4v) is 4.05. The van der Waals surface area contributed by atoms with Crippen molar-refractivity contribution in [2.45, 2.75) is 19.4 Å². The lowest BCUT2D eigenvalue weighted by Gasteiger charge is -2.12. The maximum absolute atomic E-state index is 13.2. The summed E-state index contributed by atoms with van der Waals surface area (Å²) in [5.41, 5.74) is 3.24. The molecule has 5 aromatic rings. The van der Waals surface area contributed by atoms with Crippen LogP contribution in [0.4, 0.5) is 11.4 Å². The summed E-state index contributed by atoms with van der Waals surface area (Å²) in [6.07, 6.45) is 9.07. The van der Waals surface area contributed by atoms with Crippen molar-refractivity contribution >= 4 is 39.6 Å². The van der Waals surface area contributed by atoms with Gasteiger partial charge in [0.25, 0.3) is 5.91 Å². The van der Waals surface area contributed by atoms with Gasteiger partial charge in [-0.1, -0.05) is 30.3 Å². The fourth-order valence-electron chi connectivity index (χ4n) is 4.05. The van der Waals surface area contributed by atoms with Crippen molar-refractivity contribution in [3.05, 3.63) is 90.6 Å². The number of hydrogen-bond donors (Lipinski definition) is 2. The molecular formula is C26H22N6O2. The van der Waals surface area contributed by atoms with Crippen molar-refractivity contribution in [2.24, 2.45) is 5.92 Å². The maximum Gasteiger partial charge on any atom is 0.257 e. The van der Waals surface area contributed by atoms with Crippen LogP contribution in [0, 0.1) is 5.92 Å². The average Bonchev–Trinajstić information content (AvgIpc) is 3.49. The molecule has 8 nitrogen and oxygen atoms in total. The second kappa shape index (κ2) is 8.15. The molecule has 0 unspecified atom stereocenters. The van der Waals surface area contributed by atoms with E-state index < -0.39 is 0 Å². The van der Waals surface area contributed by atoms with E-state index in [0.29, 0.717) is 23.5 Å². The Morgan fingerprint density at radius 1 is 0.971 bits per heavy atom. The number of anilines is 2. The van der Waals surface area contributed by atoms with Crippen LogP contribution in [0.3, 0.4) is 0 Å². The molecule has 0 atom stereocenters. The molecule has 0 spiro atoms. The minimum Gasteiger partial charge on any atom is -0.325 e. The summed E-state index contributed by atoms with van der Waals surface area (Å²) in [4.78, 5) is 30.2. The number of nitrogens with zero attached hydrogens (tertiary/aromatic N) is 4. The van der Waals surface area contributed by atoms with Crippen LogP contribution in [-0.4, -0.2) is 31.0 Å². The van der Waals surface area contributed by atoms with Gasteiger partial charge in [0.2, 0.25) is 5.91 Å². The molecule has 0 radical (unpaired) electrons. The molecule has 0 saturated heterocycles. The third-order valence-corrected chi connectivity index (χ3v) is 5.97. The first kappa shape index (κ1) is 20.2. The number of benzene rings is 2. The minimum absolute atomic E-state index is 0.0374. The van der Waals surface area contributed by atoms with Crippen LogP contribution in [0.25, 0.3) is 16.4 Å². The number of imidazole rings is 1. The summed E-state index contributed by atoms with van der Waals surface area (Å²) in [7, 11) is 0. The quantitative estimate of drug-likeness (QED) is 0.403. The van der Waals surface area contributed by atoms with Gasteiger partial charge in [0, 0.05) is 24.5 Å². The summed E-state index contributed by atoms with van der Waals surface area (Å²) in [6.45, 7) is 0.482. The van der Waals surface area contributed by atoms with Crippen molar-refractivity contribution in [2.75, 3.05) is 10.6 Å². The molecule has 1 aliphatic rings. The zero-order valence-electron chi connectivity index (χ0n) is 18.3. The van der Waals surface area contributed by atoms with E-state index in [1.54, 1.807) is 17.1 Å². The number of carbonyl (C=O) groups is 2. The van der Waals surface area contributed by atoms with Gasteiger partial charge in [0.1, 0.15) is 5.65 Å². The molecule has 168 valence electrons. The molecule has 1 aliphatic carbocycles. The molecule has 3 aromatic heterocycles. The smallest absolute Gasteiger partial charge is 0.257 e. The van der Waals surface area contributed by atoms with Crippen LogP contribution >= 0.6 is 0 Å². The van der Waals surface area contributed by atoms with Crippen molar-refractivity contribution in [1.29, 1.82) is 0 Å². The fraction of sp³-hybridized carbons (Fsp3) is 0.154. The van der Waals surface area contributed by atoms with Crippen LogP contribution < -0.4 is 10.6 Å². The highest BCUT2D eigenvalue weighted by Crippen LogP contribution is 2.32. The number of fused-ring (bicyclic) bond motifs is 2. The molecule has 34 heavy (non-hydrogen) atoms. The van der Waals surface area contributed by atoms with Gasteiger partial charge in [-0.15, -0.1) is 0 Å². The van der Waals surface area contributed by atoms with Crippen molar-refractivity contribution in [1.82, 2.24) is 19.2 Å². The van der Waals surface area contributed by atoms with E-state index in [0.717, 1.165) is 35.0 Å². The Bertz CT molecular complexity index is 1510. The van der Waals surface area contributed by atoms with Gasteiger partial charge < -0.3 is 15.0 Å². The molecule has 2 N–H and O–H groups in total. The SMILES string of the molecule is O=C(Nc1cnn(Cc2cn3ccccc3n2)c1)c1cc2ccccc2cc1NC(=O)C1CC1. The predicted molar refractivity (Wildman–Crippen MR) is 130 cm³/mol. The Morgan fingerprint density at radius 3 is 2.56 bits per heavy atom. The number of hydrogen-bond acceptors (Lipinski definition) is 4. The van der Waals surface area contributed by atoms with Gasteiger partial charge in [0.15, 0.2) is 0 Å². The van der Waals surface area contributed by atoms with Gasteiger partial charge in [0.05, 0.1) is 35.4 Å². The Hall–Kier alpha value is -4.46. The van der Waals surface area contributed by atoms with Gasteiger partial charge >= 0.3 is 0 Å². The van der Waals surface area contributed by atoms with Crippen molar-refractivity contribution in [3.8, 4) is 0 Å². The third-order valence-electron chi connectivity index (χ3n) is 5.97. The molecule has 8 heteroatoms. The summed E-state index contributed by atoms with van der Waals surface area (Å²) in [5.74, 6) is -0.297. The predicted octanol–water partition coefficient (Wildman–Crippen LogP) is 4.33. The highest BCUT2D eigenvalue weighted by Gasteiger charge is 2.30. The van der Waals surface area contributed by atoms with Crippen LogP contribution in [0.15, 0.2) is 79.4 Å². The number of aromatic nitrogens is 4. The first-order valence-corrected chi connectivity index (χ1v) is 11.2. The average molecular weight is 451 g/mol. The Kier molecular flexibility index (Phi) is 4.83. The molecule has 2 aromatic carbocycles. The first-order valence-electron chi connectivity index (χ1n) is 11.2. The second-order valence-corrected chi connectivity index (χ2v) is 8.59. The van der Waals surface area contributed by atoms with Gasteiger partial charge in [-0.2, -0.15) is 5.10 Å². The van der Waals surface area contributed by atoms with E-state index in [-0.39, 0.29) is 17.7 Å². The number of carbonyl (C=O) groups excluding carboxylic acids is 2. The molecule has 0 bridgehead atoms. The third kappa shape index (κ3) is 4.01. The van der Waals surface area contributed by atoms with E-state index in [2.05, 4.69) is 20.7 Å². The maximum atomic E-state index is 13.2. The van der Waals surface area contributed by atoms with Crippen LogP contribution in [-0.2, 0) is 11.3 Å². The Balaban J connectivity index is 1.23. The number of nitrogens with one attached hydrogen (secondary N) is 2. The Labute approximate surface area is 195 Å². The molecule has 3 heterocycles. The van der Waals surface area contributed by atoms with Gasteiger partial charge in [-0.05, 0) is 47.9 Å². The summed E-state index contributed by atoms with van der Waals surface area (Å²) in [5, 5.41) is 12.1. The molecule has 1 saturated carbocycles. The largest absolute Gasteiger partial charge is 0.325 e. The number of pyridine rings is 1. The van der Waals surface area contributed by atoms with Crippen molar-refractivity contribution in [3.63, 3.8) is 0 Å². The van der Waals surface area contributed by atoms with E-state index in [4.69, 9.17) is 0 Å². The van der Waals surface area contributed by atoms with Crippen LogP contribution in [0.1, 0.15) is 28.9 Å². The highest BCUT2D eigenvalue weighted by atomic mass is 16.2. The lowest BCUT2D eigenvalue weighted by atomic mass is 10.0. The molecule has 0 aliphatic heterocycles. The van der Waals surface area contributed by atoms with Crippen molar-refractivity contribution < 1.29 is 9.59 Å². The van der Waals surface area contributed by atoms with E-state index >= 15 is 0 Å². The first-order chi connectivity index (χ1) is 16.6. The number of rotatable bonds is 6. The van der Waals surface area contributed by atoms with Gasteiger partial charge in [-0.3, -0.25) is 14.3 Å². The monoisotopic (exact) mass is 450 g/mol. The van der Waals surface area contributed by atoms with Crippen LogP contribution in [0.2, 0.25) is 0 Å². The molecule has 2 amide bonds. The lowest BCUT2D eigenvalue weighted by molar-refractivity contribution is -0.117. The summed E-state index contributed by atoms with van der Waals surface area (Å²) in [6, 6.07) is 17.3. The molecular weight excluding hydrogens is 428 g/mol. The van der Waals surface area contributed by atoms with Crippen LogP contribution in [0.5, 0.6) is 0 Å². The van der Waals surface area contributed by atoms with Gasteiger partial charge in [-0.25, -0.2) is 4.98 Å². The highest BCUT2D eigenvalue weighted by molar-refractivity contribution is 6.13. The van der Waals surface area contributed by atoms with E-state index in [1.807, 2.05) is 71.4 Å². The Morgan fingerprint density at radius 2 is 1.76 bits per heavy atom. The normalized spacial score (nSPS) is 13.3. The standard InChI is InChI=1S/C26H22N6O2/c33-25(17-8-9-17)30-23-12-19-6-2-1-5-18(19)11-22(23)26(34)29-20-13-27-32(15-20)16-21-14-31-10-4-3-7-24(31)28-21/h1-7,10-15,17H,8-9,16H2,(H,29,34)(H,30,33). The topological polar surface area (TPSA) is 93.3 Å². The minimum atomic E-state index is -0.302. The number of amides is 2. The van der Waals surface area contributed by atoms with E-state index in [1.165, 1.54) is 0 Å². The zero-order chi connectivity index (χ0) is 23.1.